The van der Waals surface area contributed by atoms with Crippen molar-refractivity contribution >= 4 is 6.29 Å². The van der Waals surface area contributed by atoms with Crippen LogP contribution in [-0.2, 0) is 0 Å². The summed E-state index contributed by atoms with van der Waals surface area (Å²) in [5.41, 5.74) is 0.375. The van der Waals surface area contributed by atoms with Gasteiger partial charge in [-0.05, 0) is 18.9 Å². The number of aldehydes is 1. The highest BCUT2D eigenvalue weighted by Crippen LogP contribution is 2.28. The van der Waals surface area contributed by atoms with Crippen molar-refractivity contribution in [3.63, 3.8) is 0 Å². The fourth-order valence-corrected chi connectivity index (χ4v) is 1.13. The number of aromatic nitrogens is 1. The molecular weight excluding hydrogens is 180 g/mol. The summed E-state index contributed by atoms with van der Waals surface area (Å²) in [6.45, 7) is 0. The molecule has 1 aromatic heterocycles. The summed E-state index contributed by atoms with van der Waals surface area (Å²) in [4.78, 5) is 14.5. The number of pyridine rings is 1. The average Bonchev–Trinajstić information content (AvgIpc) is 3.01. The van der Waals surface area contributed by atoms with Crippen molar-refractivity contribution in [1.82, 2.24) is 4.98 Å². The van der Waals surface area contributed by atoms with E-state index in [1.165, 1.54) is 6.20 Å². The first-order valence-electron chi connectivity index (χ1n) is 4.36. The Morgan fingerprint density at radius 1 is 1.64 bits per heavy atom. The second-order valence-corrected chi connectivity index (χ2v) is 3.12. The third-order valence-electron chi connectivity index (χ3n) is 1.99. The van der Waals surface area contributed by atoms with Crippen LogP contribution in [0.2, 0.25) is 0 Å². The summed E-state index contributed by atoms with van der Waals surface area (Å²) in [7, 11) is 0. The van der Waals surface area contributed by atoms with Crippen molar-refractivity contribution in [2.24, 2.45) is 0 Å². The molecule has 2 rings (SSSR count). The van der Waals surface area contributed by atoms with E-state index in [2.05, 4.69) is 4.98 Å². The molecule has 0 saturated heterocycles. The first-order valence-corrected chi connectivity index (χ1v) is 4.36. The molecule has 1 heterocycles. The first-order chi connectivity index (χ1) is 6.85. The number of hydrogen-bond acceptors (Lipinski definition) is 4. The molecule has 0 bridgehead atoms. The number of ether oxygens (including phenoxy) is 1. The molecule has 0 N–H and O–H groups in total. The Labute approximate surface area is 81.1 Å². The first kappa shape index (κ1) is 8.70. The lowest BCUT2D eigenvalue weighted by Gasteiger charge is -2.06. The smallest absolute Gasteiger partial charge is 0.156 e. The molecule has 0 spiro atoms. The molecule has 0 radical (unpaired) electrons. The van der Waals surface area contributed by atoms with Crippen molar-refractivity contribution in [2.75, 3.05) is 0 Å². The van der Waals surface area contributed by atoms with Crippen LogP contribution < -0.4 is 4.74 Å². The van der Waals surface area contributed by atoms with E-state index in [1.54, 1.807) is 6.07 Å². The van der Waals surface area contributed by atoms with E-state index in [0.717, 1.165) is 12.8 Å². The predicted molar refractivity (Wildman–Crippen MR) is 48.0 cm³/mol. The maximum atomic E-state index is 10.7. The standard InChI is InChI=1S/C10H8N2O2/c11-5-9-8(6-13)10(3-4-12-9)14-7-1-2-7/h3-4,6-7H,1-2H2. The van der Waals surface area contributed by atoms with Crippen LogP contribution in [0.15, 0.2) is 12.3 Å². The van der Waals surface area contributed by atoms with E-state index >= 15 is 0 Å². The molecule has 0 unspecified atom stereocenters. The molecule has 70 valence electrons. The zero-order chi connectivity index (χ0) is 9.97. The van der Waals surface area contributed by atoms with Crippen LogP contribution in [0.4, 0.5) is 0 Å². The largest absolute Gasteiger partial charge is 0.490 e. The van der Waals surface area contributed by atoms with E-state index in [9.17, 15) is 4.79 Å². The van der Waals surface area contributed by atoms with Crippen LogP contribution in [0, 0.1) is 11.3 Å². The van der Waals surface area contributed by atoms with Gasteiger partial charge in [0.05, 0.1) is 11.7 Å². The summed E-state index contributed by atoms with van der Waals surface area (Å²) in [5.74, 6) is 0.467. The highest BCUT2D eigenvalue weighted by molar-refractivity contribution is 5.82. The third-order valence-corrected chi connectivity index (χ3v) is 1.99. The van der Waals surface area contributed by atoms with Gasteiger partial charge < -0.3 is 4.74 Å². The number of nitrogens with zero attached hydrogens (tertiary/aromatic N) is 2. The number of carbonyl (C=O) groups is 1. The fraction of sp³-hybridized carbons (Fsp3) is 0.300. The minimum Gasteiger partial charge on any atom is -0.490 e. The summed E-state index contributed by atoms with van der Waals surface area (Å²) >= 11 is 0. The van der Waals surface area contributed by atoms with E-state index in [1.807, 2.05) is 6.07 Å². The molecule has 4 heteroatoms. The van der Waals surface area contributed by atoms with Crippen LogP contribution in [-0.4, -0.2) is 17.4 Å². The van der Waals surface area contributed by atoms with Crippen LogP contribution in [0.5, 0.6) is 5.75 Å². The summed E-state index contributed by atoms with van der Waals surface area (Å²) in [5, 5.41) is 8.70. The van der Waals surface area contributed by atoms with Gasteiger partial charge >= 0.3 is 0 Å². The maximum Gasteiger partial charge on any atom is 0.156 e. The second-order valence-electron chi connectivity index (χ2n) is 3.12. The van der Waals surface area contributed by atoms with Gasteiger partial charge in [0.15, 0.2) is 12.0 Å². The number of rotatable bonds is 3. The van der Waals surface area contributed by atoms with Gasteiger partial charge in [-0.2, -0.15) is 5.26 Å². The average molecular weight is 188 g/mol. The summed E-state index contributed by atoms with van der Waals surface area (Å²) in [6, 6.07) is 3.47. The molecule has 14 heavy (non-hydrogen) atoms. The molecule has 0 amide bonds. The van der Waals surface area contributed by atoms with Crippen molar-refractivity contribution in [3.05, 3.63) is 23.5 Å². The maximum absolute atomic E-state index is 10.7. The Hall–Kier alpha value is -1.89. The van der Waals surface area contributed by atoms with Gasteiger partial charge in [0.2, 0.25) is 0 Å². The molecule has 1 aromatic rings. The van der Waals surface area contributed by atoms with E-state index < -0.39 is 0 Å². The topological polar surface area (TPSA) is 63.0 Å². The van der Waals surface area contributed by atoms with Gasteiger partial charge in [-0.25, -0.2) is 4.98 Å². The normalized spacial score (nSPS) is 14.5. The third kappa shape index (κ3) is 1.57. The highest BCUT2D eigenvalue weighted by atomic mass is 16.5. The van der Waals surface area contributed by atoms with E-state index in [-0.39, 0.29) is 17.4 Å². The molecule has 4 nitrogen and oxygen atoms in total. The Bertz CT molecular complexity index is 405. The second kappa shape index (κ2) is 3.46. The molecule has 0 aromatic carbocycles. The van der Waals surface area contributed by atoms with Gasteiger partial charge in [0, 0.05) is 6.20 Å². The number of carbonyl (C=O) groups excluding carboxylic acids is 1. The summed E-state index contributed by atoms with van der Waals surface area (Å²) < 4.78 is 5.47. The molecular formula is C10H8N2O2. The van der Waals surface area contributed by atoms with Gasteiger partial charge in [-0.3, -0.25) is 4.79 Å². The lowest BCUT2D eigenvalue weighted by atomic mass is 10.2. The Morgan fingerprint density at radius 2 is 2.43 bits per heavy atom. The molecule has 1 aliphatic rings. The van der Waals surface area contributed by atoms with Crippen molar-refractivity contribution < 1.29 is 9.53 Å². The number of nitriles is 1. The molecule has 0 aliphatic heterocycles. The van der Waals surface area contributed by atoms with Gasteiger partial charge in [0.1, 0.15) is 11.8 Å². The molecule has 0 atom stereocenters. The molecule has 1 saturated carbocycles. The lowest BCUT2D eigenvalue weighted by Crippen LogP contribution is -2.02. The minimum absolute atomic E-state index is 0.123. The SMILES string of the molecule is N#Cc1nccc(OC2CC2)c1C=O. The summed E-state index contributed by atoms with van der Waals surface area (Å²) in [6.07, 6.45) is 4.33. The highest BCUT2D eigenvalue weighted by Gasteiger charge is 2.25. The Morgan fingerprint density at radius 3 is 3.00 bits per heavy atom. The van der Waals surface area contributed by atoms with Crippen LogP contribution in [0.3, 0.4) is 0 Å². The van der Waals surface area contributed by atoms with Crippen LogP contribution >= 0.6 is 0 Å². The van der Waals surface area contributed by atoms with Crippen LogP contribution in [0.1, 0.15) is 28.9 Å². The van der Waals surface area contributed by atoms with Gasteiger partial charge in [-0.15, -0.1) is 0 Å². The zero-order valence-electron chi connectivity index (χ0n) is 7.43. The molecule has 1 aliphatic carbocycles. The van der Waals surface area contributed by atoms with Gasteiger partial charge in [0.25, 0.3) is 0 Å². The van der Waals surface area contributed by atoms with Crippen LogP contribution in [0.25, 0.3) is 0 Å². The van der Waals surface area contributed by atoms with Crippen molar-refractivity contribution in [3.8, 4) is 11.8 Å². The van der Waals surface area contributed by atoms with Crippen molar-refractivity contribution in [2.45, 2.75) is 18.9 Å². The fourth-order valence-electron chi connectivity index (χ4n) is 1.13. The predicted octanol–water partition coefficient (Wildman–Crippen LogP) is 1.31. The van der Waals surface area contributed by atoms with E-state index in [4.69, 9.17) is 10.00 Å². The monoisotopic (exact) mass is 188 g/mol. The van der Waals surface area contributed by atoms with Crippen molar-refractivity contribution in [1.29, 1.82) is 5.26 Å². The minimum atomic E-state index is 0.123. The van der Waals surface area contributed by atoms with Gasteiger partial charge in [-0.1, -0.05) is 0 Å². The Kier molecular flexibility index (Phi) is 2.15. The van der Waals surface area contributed by atoms with E-state index in [0.29, 0.717) is 12.0 Å². The zero-order valence-corrected chi connectivity index (χ0v) is 7.43. The Balaban J connectivity index is 2.37. The number of hydrogen-bond donors (Lipinski definition) is 0. The lowest BCUT2D eigenvalue weighted by molar-refractivity contribution is 0.111. The molecule has 1 fully saturated rings. The quantitative estimate of drug-likeness (QED) is 0.671.